The third-order valence-electron chi connectivity index (χ3n) is 4.63. The molecule has 1 N–H and O–H groups in total. The van der Waals surface area contributed by atoms with Gasteiger partial charge in [-0.3, -0.25) is 4.79 Å². The standard InChI is InChI=1S/C18H30N4O3/c1-18(2,3)15-10-14(19-17(24)20-15)16(23)21(4)11-13-6-7-22(12-13)8-9-25-5/h10,13H,6-9,11-12H2,1-5H3,(H,19,20,24)/t13-/m1/s1. The topological polar surface area (TPSA) is 78.5 Å². The van der Waals surface area contributed by atoms with Gasteiger partial charge in [-0.1, -0.05) is 20.8 Å². The number of amides is 1. The van der Waals surface area contributed by atoms with E-state index >= 15 is 0 Å². The molecule has 1 atom stereocenters. The summed E-state index contributed by atoms with van der Waals surface area (Å²) in [4.78, 5) is 35.1. The molecule has 0 aliphatic carbocycles. The van der Waals surface area contributed by atoms with E-state index in [1.54, 1.807) is 25.1 Å². The molecule has 25 heavy (non-hydrogen) atoms. The number of rotatable bonds is 6. The van der Waals surface area contributed by atoms with Gasteiger partial charge in [0, 0.05) is 44.9 Å². The molecule has 0 unspecified atom stereocenters. The van der Waals surface area contributed by atoms with Gasteiger partial charge in [-0.15, -0.1) is 0 Å². The summed E-state index contributed by atoms with van der Waals surface area (Å²) in [5.74, 6) is 0.238. The highest BCUT2D eigenvalue weighted by Gasteiger charge is 2.26. The third kappa shape index (κ3) is 5.37. The molecule has 0 radical (unpaired) electrons. The number of methoxy groups -OCH3 is 1. The van der Waals surface area contributed by atoms with Crippen LogP contribution in [-0.2, 0) is 10.2 Å². The lowest BCUT2D eigenvalue weighted by atomic mass is 9.91. The Morgan fingerprint density at radius 3 is 2.84 bits per heavy atom. The highest BCUT2D eigenvalue weighted by molar-refractivity contribution is 5.92. The van der Waals surface area contributed by atoms with Crippen molar-refractivity contribution in [1.29, 1.82) is 0 Å². The zero-order valence-corrected chi connectivity index (χ0v) is 16.0. The maximum absolute atomic E-state index is 12.7. The summed E-state index contributed by atoms with van der Waals surface area (Å²) < 4.78 is 5.12. The van der Waals surface area contributed by atoms with E-state index in [-0.39, 0.29) is 17.0 Å². The molecule has 0 aromatic carbocycles. The lowest BCUT2D eigenvalue weighted by Crippen LogP contribution is -2.35. The van der Waals surface area contributed by atoms with Crippen molar-refractivity contribution >= 4 is 5.91 Å². The summed E-state index contributed by atoms with van der Waals surface area (Å²) in [5, 5.41) is 0. The Hall–Kier alpha value is -1.73. The van der Waals surface area contributed by atoms with Crippen LogP contribution in [0.5, 0.6) is 0 Å². The van der Waals surface area contributed by atoms with Crippen molar-refractivity contribution in [3.8, 4) is 0 Å². The van der Waals surface area contributed by atoms with Gasteiger partial charge in [-0.25, -0.2) is 4.79 Å². The van der Waals surface area contributed by atoms with Crippen LogP contribution >= 0.6 is 0 Å². The molecule has 1 aromatic rings. The minimum Gasteiger partial charge on any atom is -0.383 e. The molecule has 1 fully saturated rings. The number of likely N-dealkylation sites (tertiary alicyclic amines) is 1. The van der Waals surface area contributed by atoms with Crippen molar-refractivity contribution in [2.75, 3.05) is 46.9 Å². The predicted molar refractivity (Wildman–Crippen MR) is 96.9 cm³/mol. The van der Waals surface area contributed by atoms with E-state index in [4.69, 9.17) is 4.74 Å². The van der Waals surface area contributed by atoms with E-state index in [1.165, 1.54) is 0 Å². The molecule has 2 rings (SSSR count). The number of hydrogen-bond donors (Lipinski definition) is 1. The molecule has 1 aliphatic heterocycles. The quantitative estimate of drug-likeness (QED) is 0.831. The van der Waals surface area contributed by atoms with Crippen LogP contribution in [0.15, 0.2) is 10.9 Å². The third-order valence-corrected chi connectivity index (χ3v) is 4.63. The lowest BCUT2D eigenvalue weighted by Gasteiger charge is -2.23. The molecule has 1 saturated heterocycles. The van der Waals surface area contributed by atoms with Crippen molar-refractivity contribution in [2.24, 2.45) is 5.92 Å². The Morgan fingerprint density at radius 1 is 1.48 bits per heavy atom. The Bertz CT molecular complexity index is 650. The van der Waals surface area contributed by atoms with E-state index in [0.717, 1.165) is 38.4 Å². The van der Waals surface area contributed by atoms with Crippen LogP contribution in [0, 0.1) is 5.92 Å². The van der Waals surface area contributed by atoms with Crippen LogP contribution in [0.3, 0.4) is 0 Å². The van der Waals surface area contributed by atoms with Crippen LogP contribution in [0.25, 0.3) is 0 Å². The number of aromatic nitrogens is 2. The molecule has 2 heterocycles. The average molecular weight is 350 g/mol. The van der Waals surface area contributed by atoms with Gasteiger partial charge in [-0.2, -0.15) is 4.98 Å². The van der Waals surface area contributed by atoms with Crippen LogP contribution in [0.1, 0.15) is 43.4 Å². The number of nitrogens with one attached hydrogen (secondary N) is 1. The summed E-state index contributed by atoms with van der Waals surface area (Å²) in [7, 11) is 3.49. The van der Waals surface area contributed by atoms with Gasteiger partial charge in [0.05, 0.1) is 6.61 Å². The Kier molecular flexibility index (Phi) is 6.35. The number of carbonyl (C=O) groups is 1. The normalized spacial score (nSPS) is 18.5. The van der Waals surface area contributed by atoms with E-state index in [0.29, 0.717) is 12.5 Å². The number of hydrogen-bond acceptors (Lipinski definition) is 5. The van der Waals surface area contributed by atoms with E-state index < -0.39 is 5.69 Å². The summed E-state index contributed by atoms with van der Waals surface area (Å²) >= 11 is 0. The molecular formula is C18H30N4O3. The van der Waals surface area contributed by atoms with E-state index in [1.807, 2.05) is 20.8 Å². The van der Waals surface area contributed by atoms with Gasteiger partial charge < -0.3 is 19.5 Å². The molecule has 7 heteroatoms. The second-order valence-electron chi connectivity index (χ2n) is 7.87. The second kappa shape index (κ2) is 8.10. The monoisotopic (exact) mass is 350 g/mol. The number of carbonyl (C=O) groups excluding carboxylic acids is 1. The van der Waals surface area contributed by atoms with Gasteiger partial charge in [0.2, 0.25) is 0 Å². The molecule has 0 spiro atoms. The van der Waals surface area contributed by atoms with Gasteiger partial charge in [0.25, 0.3) is 5.91 Å². The highest BCUT2D eigenvalue weighted by Crippen LogP contribution is 2.20. The fourth-order valence-electron chi connectivity index (χ4n) is 3.12. The van der Waals surface area contributed by atoms with Crippen molar-refractivity contribution in [3.05, 3.63) is 27.9 Å². The van der Waals surface area contributed by atoms with Gasteiger partial charge in [0.15, 0.2) is 0 Å². The van der Waals surface area contributed by atoms with Crippen LogP contribution in [-0.4, -0.2) is 72.6 Å². The Morgan fingerprint density at radius 2 is 2.20 bits per heavy atom. The first-order chi connectivity index (χ1) is 11.7. The molecule has 1 amide bonds. The minimum atomic E-state index is -0.476. The predicted octanol–water partition coefficient (Wildman–Crippen LogP) is 1.11. The zero-order chi connectivity index (χ0) is 18.6. The molecule has 0 bridgehead atoms. The smallest absolute Gasteiger partial charge is 0.345 e. The molecule has 1 aliphatic rings. The van der Waals surface area contributed by atoms with Crippen LogP contribution in [0.4, 0.5) is 0 Å². The number of ether oxygens (including phenoxy) is 1. The molecule has 7 nitrogen and oxygen atoms in total. The molecular weight excluding hydrogens is 320 g/mol. The Balaban J connectivity index is 2.01. The van der Waals surface area contributed by atoms with Crippen LogP contribution < -0.4 is 5.69 Å². The molecule has 140 valence electrons. The van der Waals surface area contributed by atoms with Gasteiger partial charge in [-0.05, 0) is 24.9 Å². The number of nitrogens with zero attached hydrogens (tertiary/aromatic N) is 3. The first-order valence-corrected chi connectivity index (χ1v) is 8.79. The summed E-state index contributed by atoms with van der Waals surface area (Å²) in [6.07, 6.45) is 1.07. The fraction of sp³-hybridized carbons (Fsp3) is 0.722. The van der Waals surface area contributed by atoms with Gasteiger partial charge >= 0.3 is 5.69 Å². The number of H-pyrrole nitrogens is 1. The molecule has 1 aromatic heterocycles. The van der Waals surface area contributed by atoms with Crippen LogP contribution in [0.2, 0.25) is 0 Å². The maximum atomic E-state index is 12.7. The zero-order valence-electron chi connectivity index (χ0n) is 16.0. The van der Waals surface area contributed by atoms with Crippen molar-refractivity contribution < 1.29 is 9.53 Å². The number of aromatic amines is 1. The second-order valence-corrected chi connectivity index (χ2v) is 7.87. The van der Waals surface area contributed by atoms with E-state index in [9.17, 15) is 9.59 Å². The van der Waals surface area contributed by atoms with E-state index in [2.05, 4.69) is 14.9 Å². The Labute approximate surface area is 149 Å². The maximum Gasteiger partial charge on any atom is 0.345 e. The summed E-state index contributed by atoms with van der Waals surface area (Å²) in [5.41, 5.74) is 0.209. The van der Waals surface area contributed by atoms with Crippen molar-refractivity contribution in [1.82, 2.24) is 19.8 Å². The average Bonchev–Trinajstić information content (AvgIpc) is 2.98. The summed E-state index contributed by atoms with van der Waals surface area (Å²) in [6.45, 7) is 10.3. The lowest BCUT2D eigenvalue weighted by molar-refractivity contribution is 0.0765. The highest BCUT2D eigenvalue weighted by atomic mass is 16.5. The van der Waals surface area contributed by atoms with Gasteiger partial charge in [0.1, 0.15) is 5.69 Å². The van der Waals surface area contributed by atoms with Crippen molar-refractivity contribution in [3.63, 3.8) is 0 Å². The minimum absolute atomic E-state index is 0.202. The summed E-state index contributed by atoms with van der Waals surface area (Å²) in [6, 6.07) is 1.69. The first kappa shape index (κ1) is 19.6. The largest absolute Gasteiger partial charge is 0.383 e. The fourth-order valence-corrected chi connectivity index (χ4v) is 3.12. The first-order valence-electron chi connectivity index (χ1n) is 8.79. The molecule has 0 saturated carbocycles. The SMILES string of the molecule is COCCN1CC[C@H](CN(C)C(=O)c2cc(C(C)(C)C)[nH]c(=O)n2)C1. The van der Waals surface area contributed by atoms with Crippen molar-refractivity contribution in [2.45, 2.75) is 32.6 Å².